The molecule has 1 aromatic heterocycles. The molecule has 0 unspecified atom stereocenters. The van der Waals surface area contributed by atoms with E-state index in [9.17, 15) is 4.79 Å². The molecule has 0 spiro atoms. The lowest BCUT2D eigenvalue weighted by molar-refractivity contribution is 0.0969. The van der Waals surface area contributed by atoms with Crippen molar-refractivity contribution in [3.63, 3.8) is 0 Å². The number of benzene rings is 1. The molecule has 2 aromatic rings. The SMILES string of the molecule is Cn1cc(N)cc1C(=O)N1CCOc2ccccc21. The topological polar surface area (TPSA) is 60.5 Å². The number of nitrogens with two attached hydrogens (primary N) is 1. The number of para-hydroxylation sites is 2. The minimum absolute atomic E-state index is 0.0602. The van der Waals surface area contributed by atoms with Gasteiger partial charge in [-0.2, -0.15) is 0 Å². The number of ether oxygens (including phenoxy) is 1. The highest BCUT2D eigenvalue weighted by Gasteiger charge is 2.25. The number of rotatable bonds is 1. The quantitative estimate of drug-likeness (QED) is 0.845. The molecule has 2 N–H and O–H groups in total. The third-order valence-electron chi connectivity index (χ3n) is 3.22. The Morgan fingerprint density at radius 2 is 2.16 bits per heavy atom. The number of hydrogen-bond donors (Lipinski definition) is 1. The molecule has 3 rings (SSSR count). The lowest BCUT2D eigenvalue weighted by atomic mass is 10.2. The Morgan fingerprint density at radius 3 is 2.89 bits per heavy atom. The van der Waals surface area contributed by atoms with E-state index in [1.165, 1.54) is 0 Å². The Morgan fingerprint density at radius 1 is 1.37 bits per heavy atom. The molecule has 2 heterocycles. The molecule has 1 aromatic carbocycles. The van der Waals surface area contributed by atoms with Gasteiger partial charge in [0.05, 0.1) is 17.9 Å². The molecule has 19 heavy (non-hydrogen) atoms. The van der Waals surface area contributed by atoms with Gasteiger partial charge in [0.25, 0.3) is 5.91 Å². The summed E-state index contributed by atoms with van der Waals surface area (Å²) in [6, 6.07) is 9.24. The Bertz CT molecular complexity index is 633. The van der Waals surface area contributed by atoms with Crippen molar-refractivity contribution in [2.24, 2.45) is 7.05 Å². The summed E-state index contributed by atoms with van der Waals surface area (Å²) < 4.78 is 7.30. The summed E-state index contributed by atoms with van der Waals surface area (Å²) in [5, 5.41) is 0. The van der Waals surface area contributed by atoms with Gasteiger partial charge in [-0.15, -0.1) is 0 Å². The molecule has 0 saturated heterocycles. The zero-order valence-corrected chi connectivity index (χ0v) is 10.7. The fraction of sp³-hybridized carbons (Fsp3) is 0.214. The summed E-state index contributed by atoms with van der Waals surface area (Å²) in [6.07, 6.45) is 1.74. The molecule has 0 fully saturated rings. The number of nitrogens with zero attached hydrogens (tertiary/aromatic N) is 2. The summed E-state index contributed by atoms with van der Waals surface area (Å²) in [4.78, 5) is 14.3. The van der Waals surface area contributed by atoms with Crippen LogP contribution in [0.5, 0.6) is 5.75 Å². The van der Waals surface area contributed by atoms with Crippen LogP contribution in [0, 0.1) is 0 Å². The van der Waals surface area contributed by atoms with Crippen LogP contribution in [0.1, 0.15) is 10.5 Å². The van der Waals surface area contributed by atoms with Crippen LogP contribution in [-0.4, -0.2) is 23.6 Å². The van der Waals surface area contributed by atoms with Gasteiger partial charge in [0.15, 0.2) is 0 Å². The average molecular weight is 257 g/mol. The molecule has 0 radical (unpaired) electrons. The smallest absolute Gasteiger partial charge is 0.275 e. The van der Waals surface area contributed by atoms with Crippen molar-refractivity contribution in [2.45, 2.75) is 0 Å². The number of carbonyl (C=O) groups is 1. The minimum atomic E-state index is -0.0602. The molecule has 0 bridgehead atoms. The van der Waals surface area contributed by atoms with Gasteiger partial charge in [0.2, 0.25) is 0 Å². The summed E-state index contributed by atoms with van der Waals surface area (Å²) in [5.41, 5.74) is 7.70. The van der Waals surface area contributed by atoms with Crippen molar-refractivity contribution in [3.8, 4) is 5.75 Å². The maximum atomic E-state index is 12.6. The van der Waals surface area contributed by atoms with E-state index in [2.05, 4.69) is 0 Å². The third kappa shape index (κ3) is 1.93. The van der Waals surface area contributed by atoms with Crippen molar-refractivity contribution >= 4 is 17.3 Å². The fourth-order valence-corrected chi connectivity index (χ4v) is 2.32. The molecule has 0 atom stereocenters. The number of aryl methyl sites for hydroxylation is 1. The molecule has 0 saturated carbocycles. The van der Waals surface area contributed by atoms with Crippen molar-refractivity contribution in [1.29, 1.82) is 0 Å². The van der Waals surface area contributed by atoms with E-state index >= 15 is 0 Å². The maximum absolute atomic E-state index is 12.6. The monoisotopic (exact) mass is 257 g/mol. The summed E-state index contributed by atoms with van der Waals surface area (Å²) >= 11 is 0. The summed E-state index contributed by atoms with van der Waals surface area (Å²) in [6.45, 7) is 1.05. The number of anilines is 2. The average Bonchev–Trinajstić information content (AvgIpc) is 2.76. The first kappa shape index (κ1) is 11.6. The largest absolute Gasteiger partial charge is 0.490 e. The van der Waals surface area contributed by atoms with E-state index in [0.717, 1.165) is 11.4 Å². The molecular weight excluding hydrogens is 242 g/mol. The molecule has 1 aliphatic heterocycles. The molecule has 5 nitrogen and oxygen atoms in total. The number of aromatic nitrogens is 1. The van der Waals surface area contributed by atoms with E-state index in [0.29, 0.717) is 24.5 Å². The van der Waals surface area contributed by atoms with Crippen LogP contribution in [0.2, 0.25) is 0 Å². The van der Waals surface area contributed by atoms with Gasteiger partial charge in [0, 0.05) is 13.2 Å². The number of hydrogen-bond acceptors (Lipinski definition) is 3. The summed E-state index contributed by atoms with van der Waals surface area (Å²) in [5.74, 6) is 0.680. The van der Waals surface area contributed by atoms with Crippen LogP contribution >= 0.6 is 0 Å². The first-order valence-corrected chi connectivity index (χ1v) is 6.12. The third-order valence-corrected chi connectivity index (χ3v) is 3.22. The standard InChI is InChI=1S/C14H15N3O2/c1-16-9-10(15)8-12(16)14(18)17-6-7-19-13-5-3-2-4-11(13)17/h2-5,8-9H,6-7,15H2,1H3. The molecular formula is C14H15N3O2. The van der Waals surface area contributed by atoms with Gasteiger partial charge in [-0.25, -0.2) is 0 Å². The molecule has 0 aliphatic carbocycles. The zero-order valence-electron chi connectivity index (χ0n) is 10.7. The van der Waals surface area contributed by atoms with Gasteiger partial charge in [-0.1, -0.05) is 12.1 Å². The molecule has 98 valence electrons. The lowest BCUT2D eigenvalue weighted by Crippen LogP contribution is -2.38. The van der Waals surface area contributed by atoms with Gasteiger partial charge < -0.3 is 19.9 Å². The Kier molecular flexibility index (Phi) is 2.67. The second-order valence-corrected chi connectivity index (χ2v) is 4.54. The zero-order chi connectivity index (χ0) is 13.4. The summed E-state index contributed by atoms with van der Waals surface area (Å²) in [7, 11) is 1.82. The van der Waals surface area contributed by atoms with E-state index in [1.54, 1.807) is 21.7 Å². The Balaban J connectivity index is 2.00. The van der Waals surface area contributed by atoms with Gasteiger partial charge in [0.1, 0.15) is 18.1 Å². The first-order chi connectivity index (χ1) is 9.16. The van der Waals surface area contributed by atoms with E-state index < -0.39 is 0 Å². The van der Waals surface area contributed by atoms with Gasteiger partial charge >= 0.3 is 0 Å². The number of carbonyl (C=O) groups excluding carboxylic acids is 1. The maximum Gasteiger partial charge on any atom is 0.275 e. The van der Waals surface area contributed by atoms with Crippen LogP contribution in [0.25, 0.3) is 0 Å². The molecule has 1 aliphatic rings. The molecule has 1 amide bonds. The minimum Gasteiger partial charge on any atom is -0.490 e. The predicted molar refractivity (Wildman–Crippen MR) is 73.4 cm³/mol. The predicted octanol–water partition coefficient (Wildman–Crippen LogP) is 1.65. The van der Waals surface area contributed by atoms with Gasteiger partial charge in [-0.3, -0.25) is 4.79 Å². The number of amides is 1. The van der Waals surface area contributed by atoms with E-state index in [4.69, 9.17) is 10.5 Å². The number of fused-ring (bicyclic) bond motifs is 1. The van der Waals surface area contributed by atoms with E-state index in [1.807, 2.05) is 31.3 Å². The van der Waals surface area contributed by atoms with Crippen LogP contribution < -0.4 is 15.4 Å². The van der Waals surface area contributed by atoms with Crippen LogP contribution in [0.4, 0.5) is 11.4 Å². The van der Waals surface area contributed by atoms with Gasteiger partial charge in [-0.05, 0) is 18.2 Å². The highest BCUT2D eigenvalue weighted by atomic mass is 16.5. The number of nitrogen functional groups attached to an aromatic ring is 1. The highest BCUT2D eigenvalue weighted by molar-refractivity contribution is 6.06. The first-order valence-electron chi connectivity index (χ1n) is 6.12. The van der Waals surface area contributed by atoms with E-state index in [-0.39, 0.29) is 5.91 Å². The van der Waals surface area contributed by atoms with Crippen molar-refractivity contribution in [2.75, 3.05) is 23.8 Å². The van der Waals surface area contributed by atoms with Crippen molar-refractivity contribution in [1.82, 2.24) is 4.57 Å². The Labute approximate surface area is 111 Å². The van der Waals surface area contributed by atoms with Crippen LogP contribution in [0.15, 0.2) is 36.5 Å². The molecule has 5 heteroatoms. The lowest BCUT2D eigenvalue weighted by Gasteiger charge is -2.29. The van der Waals surface area contributed by atoms with Crippen molar-refractivity contribution in [3.05, 3.63) is 42.2 Å². The highest BCUT2D eigenvalue weighted by Crippen LogP contribution is 2.32. The Hall–Kier alpha value is -2.43. The normalized spacial score (nSPS) is 13.8. The van der Waals surface area contributed by atoms with Crippen LogP contribution in [0.3, 0.4) is 0 Å². The fourth-order valence-electron chi connectivity index (χ4n) is 2.32. The second-order valence-electron chi connectivity index (χ2n) is 4.54. The van der Waals surface area contributed by atoms with Crippen LogP contribution in [-0.2, 0) is 7.05 Å². The van der Waals surface area contributed by atoms with Crippen molar-refractivity contribution < 1.29 is 9.53 Å². The second kappa shape index (κ2) is 4.35.